The predicted molar refractivity (Wildman–Crippen MR) is 91.0 cm³/mol. The molecule has 0 unspecified atom stereocenters. The van der Waals surface area contributed by atoms with Crippen LogP contribution in [0.25, 0.3) is 0 Å². The van der Waals surface area contributed by atoms with Crippen molar-refractivity contribution in [3.05, 3.63) is 45.2 Å². The van der Waals surface area contributed by atoms with Crippen LogP contribution in [0.15, 0.2) is 38.3 Å². The minimum Gasteiger partial charge on any atom is -0.496 e. The summed E-state index contributed by atoms with van der Waals surface area (Å²) in [6.07, 6.45) is 0. The summed E-state index contributed by atoms with van der Waals surface area (Å²) in [5, 5.41) is 6.27. The standard InChI is InChI=1S/C14H12BrNO6S2/c1-21-12-3-2-8(4-10(12)15)11(17)6-22-14(18)9-5-13(23-7-9)24(16,19)20/h2-5,7H,6H2,1H3,(H2,16,19,20). The summed E-state index contributed by atoms with van der Waals surface area (Å²) in [6, 6.07) is 5.81. The molecule has 0 spiro atoms. The number of ketones is 1. The number of hydrogen-bond acceptors (Lipinski definition) is 7. The summed E-state index contributed by atoms with van der Waals surface area (Å²) in [7, 11) is -2.37. The Hall–Kier alpha value is -1.75. The fraction of sp³-hybridized carbons (Fsp3) is 0.143. The molecule has 2 rings (SSSR count). The molecule has 2 N–H and O–H groups in total. The van der Waals surface area contributed by atoms with Crippen molar-refractivity contribution in [2.24, 2.45) is 5.14 Å². The molecule has 2 aromatic rings. The normalized spacial score (nSPS) is 11.1. The number of Topliss-reactive ketones (excluding diaryl/α,β-unsaturated/α-hetero) is 1. The second-order valence-corrected chi connectivity index (χ2v) is 8.10. The van der Waals surface area contributed by atoms with Crippen LogP contribution >= 0.6 is 27.3 Å². The van der Waals surface area contributed by atoms with E-state index >= 15 is 0 Å². The molecule has 0 atom stereocenters. The molecule has 24 heavy (non-hydrogen) atoms. The highest BCUT2D eigenvalue weighted by Gasteiger charge is 2.18. The molecule has 128 valence electrons. The molecule has 0 fully saturated rings. The number of nitrogens with two attached hydrogens (primary N) is 1. The Balaban J connectivity index is 2.02. The number of sulfonamides is 1. The van der Waals surface area contributed by atoms with Crippen LogP contribution in [0.5, 0.6) is 5.75 Å². The molecule has 0 aliphatic heterocycles. The highest BCUT2D eigenvalue weighted by atomic mass is 79.9. The number of rotatable bonds is 6. The van der Waals surface area contributed by atoms with Crippen LogP contribution in [-0.2, 0) is 14.8 Å². The average Bonchev–Trinajstić information content (AvgIpc) is 3.02. The van der Waals surface area contributed by atoms with Gasteiger partial charge >= 0.3 is 5.97 Å². The predicted octanol–water partition coefficient (Wildman–Crippen LogP) is 2.21. The van der Waals surface area contributed by atoms with Crippen molar-refractivity contribution in [2.75, 3.05) is 13.7 Å². The molecule has 0 aliphatic rings. The lowest BCUT2D eigenvalue weighted by Crippen LogP contribution is -2.14. The molecule has 0 radical (unpaired) electrons. The SMILES string of the molecule is COc1ccc(C(=O)COC(=O)c2csc(S(N)(=O)=O)c2)cc1Br. The van der Waals surface area contributed by atoms with E-state index in [0.717, 1.165) is 17.4 Å². The largest absolute Gasteiger partial charge is 0.496 e. The summed E-state index contributed by atoms with van der Waals surface area (Å²) in [6.45, 7) is -0.474. The second-order valence-electron chi connectivity index (χ2n) is 4.55. The van der Waals surface area contributed by atoms with Gasteiger partial charge in [0.15, 0.2) is 12.4 Å². The van der Waals surface area contributed by atoms with Crippen LogP contribution in [0.2, 0.25) is 0 Å². The highest BCUT2D eigenvalue weighted by Crippen LogP contribution is 2.26. The molecule has 1 heterocycles. The Labute approximate surface area is 150 Å². The van der Waals surface area contributed by atoms with Crippen molar-refractivity contribution in [3.63, 3.8) is 0 Å². The lowest BCUT2D eigenvalue weighted by molar-refractivity contribution is 0.0475. The van der Waals surface area contributed by atoms with E-state index in [1.54, 1.807) is 18.2 Å². The first-order valence-electron chi connectivity index (χ1n) is 6.37. The van der Waals surface area contributed by atoms with Gasteiger partial charge in [0.05, 0.1) is 17.1 Å². The first kappa shape index (κ1) is 18.6. The number of benzene rings is 1. The van der Waals surface area contributed by atoms with Crippen LogP contribution in [0.4, 0.5) is 0 Å². The van der Waals surface area contributed by atoms with E-state index in [0.29, 0.717) is 15.8 Å². The zero-order valence-corrected chi connectivity index (χ0v) is 15.5. The number of methoxy groups -OCH3 is 1. The molecule has 7 nitrogen and oxygen atoms in total. The summed E-state index contributed by atoms with van der Waals surface area (Å²) >= 11 is 4.06. The molecular formula is C14H12BrNO6S2. The Morgan fingerprint density at radius 1 is 1.25 bits per heavy atom. The van der Waals surface area contributed by atoms with Gasteiger partial charge in [-0.2, -0.15) is 0 Å². The van der Waals surface area contributed by atoms with E-state index in [1.165, 1.54) is 12.5 Å². The Kier molecular flexibility index (Phi) is 5.75. The molecule has 0 saturated heterocycles. The van der Waals surface area contributed by atoms with Crippen LogP contribution in [-0.4, -0.2) is 33.9 Å². The molecule has 1 aromatic carbocycles. The van der Waals surface area contributed by atoms with Gasteiger partial charge in [-0.25, -0.2) is 18.4 Å². The van der Waals surface area contributed by atoms with E-state index in [1.807, 2.05) is 0 Å². The summed E-state index contributed by atoms with van der Waals surface area (Å²) in [4.78, 5) is 23.9. The molecule has 0 aliphatic carbocycles. The van der Waals surface area contributed by atoms with Crippen molar-refractivity contribution in [2.45, 2.75) is 4.21 Å². The number of hydrogen-bond donors (Lipinski definition) is 1. The van der Waals surface area contributed by atoms with Crippen LogP contribution < -0.4 is 9.88 Å². The van der Waals surface area contributed by atoms with Gasteiger partial charge in [0.25, 0.3) is 0 Å². The highest BCUT2D eigenvalue weighted by molar-refractivity contribution is 9.10. The zero-order chi connectivity index (χ0) is 17.9. The fourth-order valence-corrected chi connectivity index (χ4v) is 3.83. The fourth-order valence-electron chi connectivity index (χ4n) is 1.71. The smallest absolute Gasteiger partial charge is 0.339 e. The number of thiophene rings is 1. The minimum atomic E-state index is -3.87. The van der Waals surface area contributed by atoms with Gasteiger partial charge in [-0.1, -0.05) is 0 Å². The number of esters is 1. The number of primary sulfonamides is 1. The van der Waals surface area contributed by atoms with Gasteiger partial charge in [-0.05, 0) is 40.2 Å². The third-order valence-corrected chi connectivity index (χ3v) is 5.91. The monoisotopic (exact) mass is 433 g/mol. The van der Waals surface area contributed by atoms with Gasteiger partial charge in [-0.3, -0.25) is 4.79 Å². The van der Waals surface area contributed by atoms with Gasteiger partial charge in [-0.15, -0.1) is 11.3 Å². The van der Waals surface area contributed by atoms with E-state index < -0.39 is 28.4 Å². The maximum absolute atomic E-state index is 12.0. The Bertz CT molecular complexity index is 890. The third kappa shape index (κ3) is 4.41. The third-order valence-electron chi connectivity index (χ3n) is 2.90. The molecule has 0 bridgehead atoms. The molecular weight excluding hydrogens is 422 g/mol. The number of ether oxygens (including phenoxy) is 2. The van der Waals surface area contributed by atoms with E-state index in [9.17, 15) is 18.0 Å². The van der Waals surface area contributed by atoms with Crippen molar-refractivity contribution in [1.29, 1.82) is 0 Å². The van der Waals surface area contributed by atoms with Crippen LogP contribution in [0.3, 0.4) is 0 Å². The van der Waals surface area contributed by atoms with E-state index in [2.05, 4.69) is 15.9 Å². The van der Waals surface area contributed by atoms with Crippen molar-refractivity contribution < 1.29 is 27.5 Å². The van der Waals surface area contributed by atoms with Gasteiger partial charge in [0, 0.05) is 10.9 Å². The quantitative estimate of drug-likeness (QED) is 0.551. The van der Waals surface area contributed by atoms with Gasteiger partial charge in [0.1, 0.15) is 9.96 Å². The van der Waals surface area contributed by atoms with Gasteiger partial charge < -0.3 is 9.47 Å². The zero-order valence-electron chi connectivity index (χ0n) is 12.3. The molecule has 0 saturated carbocycles. The van der Waals surface area contributed by atoms with Gasteiger partial charge in [0.2, 0.25) is 10.0 Å². The first-order valence-corrected chi connectivity index (χ1v) is 9.59. The van der Waals surface area contributed by atoms with Crippen molar-refractivity contribution in [3.8, 4) is 5.75 Å². The van der Waals surface area contributed by atoms with E-state index in [-0.39, 0.29) is 9.77 Å². The molecule has 1 aromatic heterocycles. The lowest BCUT2D eigenvalue weighted by atomic mass is 10.1. The summed E-state index contributed by atoms with van der Waals surface area (Å²) in [5.41, 5.74) is 0.360. The van der Waals surface area contributed by atoms with Crippen LogP contribution in [0.1, 0.15) is 20.7 Å². The average molecular weight is 434 g/mol. The van der Waals surface area contributed by atoms with Crippen molar-refractivity contribution >= 4 is 49.0 Å². The van der Waals surface area contributed by atoms with Crippen molar-refractivity contribution in [1.82, 2.24) is 0 Å². The second kappa shape index (κ2) is 7.43. The minimum absolute atomic E-state index is 0.0211. The molecule has 0 amide bonds. The summed E-state index contributed by atoms with van der Waals surface area (Å²) in [5.74, 6) is -0.645. The number of carbonyl (C=O) groups excluding carboxylic acids is 2. The molecule has 10 heteroatoms. The Morgan fingerprint density at radius 3 is 2.50 bits per heavy atom. The lowest BCUT2D eigenvalue weighted by Gasteiger charge is -2.06. The topological polar surface area (TPSA) is 113 Å². The summed E-state index contributed by atoms with van der Waals surface area (Å²) < 4.78 is 32.8. The number of halogens is 1. The van der Waals surface area contributed by atoms with E-state index in [4.69, 9.17) is 14.6 Å². The maximum atomic E-state index is 12.0. The van der Waals surface area contributed by atoms with Crippen LogP contribution in [0, 0.1) is 0 Å². The maximum Gasteiger partial charge on any atom is 0.339 e. The first-order chi connectivity index (χ1) is 11.2. The number of carbonyl (C=O) groups is 2. The Morgan fingerprint density at radius 2 is 1.96 bits per heavy atom.